The first-order chi connectivity index (χ1) is 14.4. The molecule has 2 aromatic carbocycles. The number of benzene rings is 2. The first-order valence-corrected chi connectivity index (χ1v) is 11.9. The maximum Gasteiger partial charge on any atom is 0.263 e. The molecule has 30 heavy (non-hydrogen) atoms. The van der Waals surface area contributed by atoms with E-state index in [0.717, 1.165) is 11.3 Å². The van der Waals surface area contributed by atoms with Crippen molar-refractivity contribution in [2.75, 3.05) is 16.2 Å². The molecule has 0 radical (unpaired) electrons. The largest absolute Gasteiger partial charge is 0.494 e. The van der Waals surface area contributed by atoms with E-state index in [1.165, 1.54) is 23.6 Å². The number of rotatable bonds is 6. The maximum absolute atomic E-state index is 13.1. The van der Waals surface area contributed by atoms with Gasteiger partial charge in [0.15, 0.2) is 5.13 Å². The summed E-state index contributed by atoms with van der Waals surface area (Å²) in [5, 5.41) is 2.02. The molecule has 1 amide bonds. The minimum atomic E-state index is -3.74. The molecule has 3 aromatic rings. The third kappa shape index (κ3) is 3.90. The van der Waals surface area contributed by atoms with Crippen molar-refractivity contribution >= 4 is 38.1 Å². The number of carbonyl (C=O) groups excluding carboxylic acids is 1. The molecule has 1 aliphatic rings. The number of nitrogens with one attached hydrogen (secondary N) is 1. The van der Waals surface area contributed by atoms with Crippen LogP contribution in [-0.4, -0.2) is 32.0 Å². The predicted molar refractivity (Wildman–Crippen MR) is 117 cm³/mol. The van der Waals surface area contributed by atoms with Gasteiger partial charge in [-0.1, -0.05) is 0 Å². The monoisotopic (exact) mass is 443 g/mol. The average molecular weight is 444 g/mol. The molecule has 2 heterocycles. The van der Waals surface area contributed by atoms with Gasteiger partial charge in [0.05, 0.1) is 11.5 Å². The predicted octanol–water partition coefficient (Wildman–Crippen LogP) is 3.93. The Morgan fingerprint density at radius 3 is 2.70 bits per heavy atom. The molecular weight excluding hydrogens is 422 g/mol. The zero-order valence-corrected chi connectivity index (χ0v) is 18.2. The highest BCUT2D eigenvalue weighted by Crippen LogP contribution is 2.35. The number of amides is 1. The van der Waals surface area contributed by atoms with Crippen molar-refractivity contribution in [1.29, 1.82) is 0 Å². The fourth-order valence-corrected chi connectivity index (χ4v) is 5.37. The van der Waals surface area contributed by atoms with E-state index in [9.17, 15) is 13.2 Å². The van der Waals surface area contributed by atoms with Crippen LogP contribution in [0.25, 0.3) is 0 Å². The van der Waals surface area contributed by atoms with Crippen molar-refractivity contribution in [1.82, 2.24) is 4.98 Å². The first-order valence-electron chi connectivity index (χ1n) is 9.50. The van der Waals surface area contributed by atoms with E-state index in [-0.39, 0.29) is 16.8 Å². The van der Waals surface area contributed by atoms with Crippen LogP contribution in [-0.2, 0) is 16.4 Å². The summed E-state index contributed by atoms with van der Waals surface area (Å²) in [7, 11) is -3.74. The maximum atomic E-state index is 13.1. The number of fused-ring (bicyclic) bond motifs is 1. The third-order valence-electron chi connectivity index (χ3n) is 4.86. The number of ether oxygens (including phenoxy) is 1. The van der Waals surface area contributed by atoms with Gasteiger partial charge >= 0.3 is 0 Å². The lowest BCUT2D eigenvalue weighted by molar-refractivity contribution is 0.0981. The molecule has 0 aliphatic carbocycles. The second kappa shape index (κ2) is 8.08. The Morgan fingerprint density at radius 1 is 1.27 bits per heavy atom. The molecule has 156 valence electrons. The Hall–Kier alpha value is -2.91. The molecule has 0 saturated heterocycles. The van der Waals surface area contributed by atoms with Crippen LogP contribution >= 0.6 is 11.3 Å². The summed E-state index contributed by atoms with van der Waals surface area (Å²) in [6.45, 7) is 4.42. The van der Waals surface area contributed by atoms with Crippen molar-refractivity contribution in [3.63, 3.8) is 0 Å². The Balaban J connectivity index is 1.60. The van der Waals surface area contributed by atoms with Crippen molar-refractivity contribution in [3.05, 3.63) is 65.2 Å². The summed E-state index contributed by atoms with van der Waals surface area (Å²) in [6, 6.07) is 11.8. The zero-order valence-electron chi connectivity index (χ0n) is 16.5. The minimum absolute atomic E-state index is 0.0797. The van der Waals surface area contributed by atoms with Crippen LogP contribution in [0, 0.1) is 0 Å². The van der Waals surface area contributed by atoms with E-state index >= 15 is 0 Å². The van der Waals surface area contributed by atoms with Crippen LogP contribution in [0.3, 0.4) is 0 Å². The van der Waals surface area contributed by atoms with E-state index in [4.69, 9.17) is 4.74 Å². The lowest BCUT2D eigenvalue weighted by Crippen LogP contribution is -2.35. The van der Waals surface area contributed by atoms with E-state index in [0.29, 0.717) is 29.5 Å². The van der Waals surface area contributed by atoms with Gasteiger partial charge in [0.2, 0.25) is 0 Å². The van der Waals surface area contributed by atoms with Gasteiger partial charge in [-0.15, -0.1) is 11.3 Å². The fourth-order valence-electron chi connectivity index (χ4n) is 3.53. The molecule has 7 nitrogen and oxygen atoms in total. The van der Waals surface area contributed by atoms with Gasteiger partial charge in [0.25, 0.3) is 15.9 Å². The summed E-state index contributed by atoms with van der Waals surface area (Å²) < 4.78 is 33.2. The first kappa shape index (κ1) is 20.4. The number of aromatic nitrogens is 1. The molecule has 0 fully saturated rings. The minimum Gasteiger partial charge on any atom is -0.494 e. The highest BCUT2D eigenvalue weighted by Gasteiger charge is 2.32. The number of sulfonamides is 1. The standard InChI is InChI=1S/C21H21N3O4S2/c1-3-28-17-6-4-15(5-7-17)20(25)24-14(2)12-16-13-18(8-9-19(16)24)30(26,27)23-21-22-10-11-29-21/h4-11,13-14H,3,12H2,1-2H3,(H,22,23)/t14-/m0/s1. The second-order valence-electron chi connectivity index (χ2n) is 6.92. The van der Waals surface area contributed by atoms with E-state index in [2.05, 4.69) is 9.71 Å². The normalized spacial score (nSPS) is 15.7. The van der Waals surface area contributed by atoms with Gasteiger partial charge in [0, 0.05) is 28.9 Å². The number of hydrogen-bond donors (Lipinski definition) is 1. The molecule has 9 heteroatoms. The summed E-state index contributed by atoms with van der Waals surface area (Å²) >= 11 is 1.21. The molecule has 1 atom stereocenters. The van der Waals surface area contributed by atoms with Crippen molar-refractivity contribution in [3.8, 4) is 5.75 Å². The van der Waals surface area contributed by atoms with Crippen molar-refractivity contribution in [2.24, 2.45) is 0 Å². The number of anilines is 2. The Morgan fingerprint density at radius 2 is 2.03 bits per heavy atom. The molecule has 4 rings (SSSR count). The highest BCUT2D eigenvalue weighted by molar-refractivity contribution is 7.93. The third-order valence-corrected chi connectivity index (χ3v) is 7.02. The average Bonchev–Trinajstić information content (AvgIpc) is 3.34. The smallest absolute Gasteiger partial charge is 0.263 e. The van der Waals surface area contributed by atoms with Gasteiger partial charge < -0.3 is 9.64 Å². The summed E-state index contributed by atoms with van der Waals surface area (Å²) in [4.78, 5) is 19.0. The quantitative estimate of drug-likeness (QED) is 0.624. The molecule has 1 aromatic heterocycles. The Kier molecular flexibility index (Phi) is 5.48. The summed E-state index contributed by atoms with van der Waals surface area (Å²) in [6.07, 6.45) is 2.12. The van der Waals surface area contributed by atoms with Crippen LogP contribution in [0.1, 0.15) is 29.8 Å². The number of hydrogen-bond acceptors (Lipinski definition) is 6. The second-order valence-corrected chi connectivity index (χ2v) is 9.50. The van der Waals surface area contributed by atoms with Gasteiger partial charge in [-0.2, -0.15) is 0 Å². The lowest BCUT2D eigenvalue weighted by Gasteiger charge is -2.23. The molecular formula is C21H21N3O4S2. The van der Waals surface area contributed by atoms with Crippen LogP contribution in [0.15, 0.2) is 58.9 Å². The molecule has 0 saturated carbocycles. The molecule has 0 bridgehead atoms. The van der Waals surface area contributed by atoms with Crippen molar-refractivity contribution in [2.45, 2.75) is 31.2 Å². The lowest BCUT2D eigenvalue weighted by atomic mass is 10.1. The Bertz CT molecular complexity index is 1160. The van der Waals surface area contributed by atoms with Crippen LogP contribution < -0.4 is 14.4 Å². The topological polar surface area (TPSA) is 88.6 Å². The Labute approximate surface area is 179 Å². The fraction of sp³-hybridized carbons (Fsp3) is 0.238. The van der Waals surface area contributed by atoms with Crippen LogP contribution in [0.5, 0.6) is 5.75 Å². The van der Waals surface area contributed by atoms with E-state index < -0.39 is 10.0 Å². The summed E-state index contributed by atoms with van der Waals surface area (Å²) in [5.74, 6) is 0.590. The number of thiazole rings is 1. The number of carbonyl (C=O) groups is 1. The molecule has 1 N–H and O–H groups in total. The van der Waals surface area contributed by atoms with E-state index in [1.54, 1.807) is 46.7 Å². The van der Waals surface area contributed by atoms with Gasteiger partial charge in [-0.05, 0) is 68.3 Å². The van der Waals surface area contributed by atoms with Crippen LogP contribution in [0.2, 0.25) is 0 Å². The molecule has 0 unspecified atom stereocenters. The van der Waals surface area contributed by atoms with Crippen molar-refractivity contribution < 1.29 is 17.9 Å². The SMILES string of the molecule is CCOc1ccc(C(=O)N2c3ccc(S(=O)(=O)Nc4nccs4)cc3C[C@@H]2C)cc1. The summed E-state index contributed by atoms with van der Waals surface area (Å²) in [5.41, 5.74) is 2.11. The van der Waals surface area contributed by atoms with Crippen LogP contribution in [0.4, 0.5) is 10.8 Å². The molecule has 0 spiro atoms. The van der Waals surface area contributed by atoms with Gasteiger partial charge in [-0.3, -0.25) is 9.52 Å². The van der Waals surface area contributed by atoms with E-state index in [1.807, 2.05) is 13.8 Å². The zero-order chi connectivity index (χ0) is 21.3. The van der Waals surface area contributed by atoms with Gasteiger partial charge in [-0.25, -0.2) is 13.4 Å². The highest BCUT2D eigenvalue weighted by atomic mass is 32.2. The number of nitrogens with zero attached hydrogens (tertiary/aromatic N) is 2. The molecule has 1 aliphatic heterocycles. The van der Waals surface area contributed by atoms with Gasteiger partial charge in [0.1, 0.15) is 5.75 Å².